The van der Waals surface area contributed by atoms with Gasteiger partial charge >= 0.3 is 5.97 Å². The van der Waals surface area contributed by atoms with E-state index in [4.69, 9.17) is 21.3 Å². The van der Waals surface area contributed by atoms with Gasteiger partial charge in [-0.1, -0.05) is 47.7 Å². The molecule has 0 spiro atoms. The zero-order chi connectivity index (χ0) is 40.0. The van der Waals surface area contributed by atoms with Crippen molar-refractivity contribution in [3.05, 3.63) is 127 Å². The number of carbonyl (C=O) groups excluding carboxylic acids is 4. The quantitative estimate of drug-likeness (QED) is 0.109. The first-order chi connectivity index (χ1) is 27.5. The van der Waals surface area contributed by atoms with Gasteiger partial charge in [-0.25, -0.2) is 4.79 Å². The van der Waals surface area contributed by atoms with Crippen LogP contribution in [0.3, 0.4) is 0 Å². The molecule has 3 amide bonds. The average molecular weight is 800 g/mol. The fraction of sp³-hybridized carbons (Fsp3) is 0.279. The summed E-state index contributed by atoms with van der Waals surface area (Å²) >= 11 is 7.94. The van der Waals surface area contributed by atoms with Crippen molar-refractivity contribution in [3.8, 4) is 16.8 Å². The van der Waals surface area contributed by atoms with Gasteiger partial charge in [-0.2, -0.15) is 0 Å². The second kappa shape index (κ2) is 15.4. The first-order valence-corrected chi connectivity index (χ1v) is 19.8. The number of hydrogen-bond acceptors (Lipinski definition) is 10. The van der Waals surface area contributed by atoms with E-state index in [1.807, 2.05) is 36.1 Å². The summed E-state index contributed by atoms with van der Waals surface area (Å²) in [5.41, 5.74) is 5.98. The molecule has 1 fully saturated rings. The van der Waals surface area contributed by atoms with Gasteiger partial charge in [0.15, 0.2) is 5.82 Å². The highest BCUT2D eigenvalue weighted by molar-refractivity contribution is 7.15. The number of imide groups is 1. The molecule has 2 aromatic heterocycles. The van der Waals surface area contributed by atoms with Crippen LogP contribution in [0.25, 0.3) is 5.00 Å². The third-order valence-electron chi connectivity index (χ3n) is 10.7. The maximum atomic E-state index is 14.0. The molecular formula is C43H38ClN7O5S. The molecule has 12 nitrogen and oxygen atoms in total. The van der Waals surface area contributed by atoms with Crippen molar-refractivity contribution in [2.75, 3.05) is 32.1 Å². The van der Waals surface area contributed by atoms with E-state index in [2.05, 4.69) is 45.8 Å². The van der Waals surface area contributed by atoms with Gasteiger partial charge in [0.1, 0.15) is 16.9 Å². The number of carbonyl (C=O) groups is 4. The SMILES string of the molecule is COC(=O)c1ccc(NC2CCN(C(=O)C[C@@H]3N=C(c4ccc(Cl)cc4)c4c(sc(C)c4C)-n4c(C)nnc43)CC2)cc1C#CCN1C(=O)c2ccccc2C1=O. The Morgan fingerprint density at radius 3 is 2.35 bits per heavy atom. The van der Waals surface area contributed by atoms with Crippen LogP contribution in [0.2, 0.25) is 5.02 Å². The van der Waals surface area contributed by atoms with Crippen LogP contribution >= 0.6 is 22.9 Å². The molecule has 3 aromatic carbocycles. The molecule has 5 heterocycles. The number of esters is 1. The highest BCUT2D eigenvalue weighted by atomic mass is 35.5. The summed E-state index contributed by atoms with van der Waals surface area (Å²) in [6, 6.07) is 19.0. The van der Waals surface area contributed by atoms with Crippen LogP contribution in [0, 0.1) is 32.6 Å². The van der Waals surface area contributed by atoms with Crippen molar-refractivity contribution in [1.82, 2.24) is 24.6 Å². The number of thiophene rings is 1. The number of aromatic nitrogens is 3. The van der Waals surface area contributed by atoms with Gasteiger partial charge in [0, 0.05) is 51.4 Å². The van der Waals surface area contributed by atoms with E-state index >= 15 is 0 Å². The zero-order valence-electron chi connectivity index (χ0n) is 31.8. The van der Waals surface area contributed by atoms with Crippen LogP contribution in [-0.2, 0) is 9.53 Å². The normalized spacial score (nSPS) is 16.2. The summed E-state index contributed by atoms with van der Waals surface area (Å²) < 4.78 is 7.04. The molecule has 0 unspecified atom stereocenters. The van der Waals surface area contributed by atoms with Crippen LogP contribution in [0.4, 0.5) is 5.69 Å². The molecule has 8 rings (SSSR count). The van der Waals surface area contributed by atoms with E-state index in [0.717, 1.165) is 43.8 Å². The van der Waals surface area contributed by atoms with E-state index in [9.17, 15) is 19.2 Å². The molecule has 14 heteroatoms. The number of rotatable bonds is 7. The summed E-state index contributed by atoms with van der Waals surface area (Å²) in [6.45, 7) is 7.08. The number of likely N-dealkylation sites (tertiary alicyclic amines) is 1. The number of ether oxygens (including phenoxy) is 1. The molecule has 1 atom stereocenters. The molecule has 288 valence electrons. The minimum Gasteiger partial charge on any atom is -0.465 e. The van der Waals surface area contributed by atoms with Gasteiger partial charge in [-0.3, -0.25) is 28.8 Å². The van der Waals surface area contributed by atoms with E-state index < -0.39 is 23.8 Å². The van der Waals surface area contributed by atoms with Gasteiger partial charge < -0.3 is 15.0 Å². The first kappa shape index (κ1) is 37.8. The van der Waals surface area contributed by atoms with Crippen LogP contribution < -0.4 is 5.32 Å². The molecule has 1 saturated heterocycles. The number of aryl methyl sites for hydroxylation is 2. The molecule has 5 aromatic rings. The number of amides is 3. The molecule has 0 bridgehead atoms. The number of piperidine rings is 1. The minimum absolute atomic E-state index is 0.0129. The molecule has 3 aliphatic heterocycles. The van der Waals surface area contributed by atoms with Gasteiger partial charge in [0.05, 0.1) is 42.5 Å². The summed E-state index contributed by atoms with van der Waals surface area (Å²) in [7, 11) is 1.30. The van der Waals surface area contributed by atoms with Crippen molar-refractivity contribution in [2.24, 2.45) is 4.99 Å². The Morgan fingerprint density at radius 2 is 1.67 bits per heavy atom. The number of benzene rings is 3. The van der Waals surface area contributed by atoms with Gasteiger partial charge in [-0.05, 0) is 81.6 Å². The van der Waals surface area contributed by atoms with E-state index in [-0.39, 0.29) is 30.5 Å². The number of methoxy groups -OCH3 is 1. The first-order valence-electron chi connectivity index (χ1n) is 18.6. The highest BCUT2D eigenvalue weighted by Gasteiger charge is 2.36. The van der Waals surface area contributed by atoms with E-state index in [1.54, 1.807) is 53.8 Å². The lowest BCUT2D eigenvalue weighted by Gasteiger charge is -2.33. The Bertz CT molecular complexity index is 2520. The minimum atomic E-state index is -0.551. The molecule has 0 aliphatic carbocycles. The lowest BCUT2D eigenvalue weighted by atomic mass is 9.99. The highest BCUT2D eigenvalue weighted by Crippen LogP contribution is 2.40. The van der Waals surface area contributed by atoms with Crippen LogP contribution in [-0.4, -0.2) is 86.8 Å². The Hall–Kier alpha value is -6.10. The van der Waals surface area contributed by atoms with Gasteiger partial charge in [0.25, 0.3) is 11.8 Å². The smallest absolute Gasteiger partial charge is 0.339 e. The van der Waals surface area contributed by atoms with Gasteiger partial charge in [-0.15, -0.1) is 21.5 Å². The third-order valence-corrected chi connectivity index (χ3v) is 12.2. The van der Waals surface area contributed by atoms with E-state index in [1.165, 1.54) is 12.0 Å². The number of aliphatic imine (C=N–C) groups is 1. The number of halogens is 1. The van der Waals surface area contributed by atoms with Crippen molar-refractivity contribution < 1.29 is 23.9 Å². The summed E-state index contributed by atoms with van der Waals surface area (Å²) in [6.07, 6.45) is 1.53. The molecule has 57 heavy (non-hydrogen) atoms. The third kappa shape index (κ3) is 7.11. The van der Waals surface area contributed by atoms with Crippen LogP contribution in [0.15, 0.2) is 71.7 Å². The fourth-order valence-electron chi connectivity index (χ4n) is 7.56. The van der Waals surface area contributed by atoms with Crippen molar-refractivity contribution in [3.63, 3.8) is 0 Å². The van der Waals surface area contributed by atoms with Gasteiger partial charge in [0.2, 0.25) is 5.91 Å². The maximum absolute atomic E-state index is 14.0. The largest absolute Gasteiger partial charge is 0.465 e. The molecule has 1 N–H and O–H groups in total. The Labute approximate surface area is 338 Å². The van der Waals surface area contributed by atoms with Crippen molar-refractivity contribution in [2.45, 2.75) is 52.1 Å². The summed E-state index contributed by atoms with van der Waals surface area (Å²) in [4.78, 5) is 61.7. The van der Waals surface area contributed by atoms with Crippen molar-refractivity contribution >= 4 is 58.0 Å². The standard InChI is InChI=1S/C43H38ClN7O5S/c1-24-25(2)57-42-37(24)38(27-11-13-29(44)14-12-27)46-35(39-48-47-26(3)51(39)42)23-36(52)49-20-17-30(18-21-49)45-31-15-16-32(43(55)56-4)28(22-31)8-7-19-50-40(53)33-9-5-6-10-34(33)41(50)54/h5-6,9-16,22,30,35,45H,17-21,23H2,1-4H3/t35-/m0/s1. The average Bonchev–Trinajstić information content (AvgIpc) is 3.79. The predicted octanol–water partition coefficient (Wildman–Crippen LogP) is 6.73. The van der Waals surface area contributed by atoms with Crippen LogP contribution in [0.5, 0.6) is 0 Å². The number of hydrogen-bond donors (Lipinski definition) is 1. The Morgan fingerprint density at radius 1 is 0.965 bits per heavy atom. The molecule has 0 radical (unpaired) electrons. The lowest BCUT2D eigenvalue weighted by Crippen LogP contribution is -2.42. The van der Waals surface area contributed by atoms with E-state index in [0.29, 0.717) is 53.5 Å². The summed E-state index contributed by atoms with van der Waals surface area (Å²) in [5.74, 6) is 5.91. The number of anilines is 1. The summed E-state index contributed by atoms with van der Waals surface area (Å²) in [5, 5.41) is 14.1. The Balaban J connectivity index is 0.962. The van der Waals surface area contributed by atoms with Crippen molar-refractivity contribution in [1.29, 1.82) is 0 Å². The number of fused-ring (bicyclic) bond motifs is 4. The number of nitrogens with one attached hydrogen (secondary N) is 1. The zero-order valence-corrected chi connectivity index (χ0v) is 33.3. The maximum Gasteiger partial charge on any atom is 0.339 e. The second-order valence-electron chi connectivity index (χ2n) is 14.2. The second-order valence-corrected chi connectivity index (χ2v) is 15.8. The van der Waals surface area contributed by atoms with Crippen LogP contribution in [0.1, 0.15) is 95.2 Å². The molecule has 0 saturated carbocycles. The molecule has 3 aliphatic rings. The molecular weight excluding hydrogens is 762 g/mol. The fourth-order valence-corrected chi connectivity index (χ4v) is 8.90. The Kier molecular flexibility index (Phi) is 10.2. The monoisotopic (exact) mass is 799 g/mol. The predicted molar refractivity (Wildman–Crippen MR) is 218 cm³/mol. The topological polar surface area (TPSA) is 139 Å². The number of nitrogens with zero attached hydrogens (tertiary/aromatic N) is 6. The lowest BCUT2D eigenvalue weighted by molar-refractivity contribution is -0.132.